The molecule has 0 aromatic heterocycles. The summed E-state index contributed by atoms with van der Waals surface area (Å²) in [6, 6.07) is 5.87. The average molecular weight is 390 g/mol. The fourth-order valence-electron chi connectivity index (χ4n) is 2.43. The zero-order chi connectivity index (χ0) is 18.8. The molecule has 1 aromatic rings. The second-order valence-corrected chi connectivity index (χ2v) is 9.88. The summed E-state index contributed by atoms with van der Waals surface area (Å²) in [4.78, 5) is 11.1. The van der Waals surface area contributed by atoms with Gasteiger partial charge in [-0.2, -0.15) is 21.3 Å². The molecule has 0 unspecified atom stereocenters. The maximum Gasteiger partial charge on any atom is 0.281 e. The minimum Gasteiger partial charge on any atom is -0.326 e. The molecule has 9 nitrogen and oxygen atoms in total. The molecule has 0 radical (unpaired) electrons. The molecule has 0 aliphatic carbocycles. The van der Waals surface area contributed by atoms with Gasteiger partial charge in [0.05, 0.1) is 4.90 Å². The summed E-state index contributed by atoms with van der Waals surface area (Å²) >= 11 is 0. The number of nitrogens with one attached hydrogen (secondary N) is 1. The predicted molar refractivity (Wildman–Crippen MR) is 93.7 cm³/mol. The van der Waals surface area contributed by atoms with Crippen LogP contribution in [-0.4, -0.2) is 75.9 Å². The number of piperazine rings is 1. The first-order valence-corrected chi connectivity index (χ1v) is 10.4. The van der Waals surface area contributed by atoms with Crippen molar-refractivity contribution in [2.45, 2.75) is 11.8 Å². The Kier molecular flexibility index (Phi) is 5.84. The molecule has 0 saturated carbocycles. The smallest absolute Gasteiger partial charge is 0.281 e. The number of amides is 1. The largest absolute Gasteiger partial charge is 0.326 e. The summed E-state index contributed by atoms with van der Waals surface area (Å²) in [5.41, 5.74) is 0.508. The monoisotopic (exact) mass is 390 g/mol. The molecule has 1 heterocycles. The second kappa shape index (κ2) is 7.38. The first kappa shape index (κ1) is 19.8. The van der Waals surface area contributed by atoms with Crippen molar-refractivity contribution in [1.29, 1.82) is 0 Å². The number of nitrogens with zero attached hydrogens (tertiary/aromatic N) is 3. The van der Waals surface area contributed by atoms with Gasteiger partial charge in [-0.05, 0) is 24.3 Å². The van der Waals surface area contributed by atoms with E-state index in [-0.39, 0.29) is 37.0 Å². The molecule has 1 saturated heterocycles. The fraction of sp³-hybridized carbons (Fsp3) is 0.500. The normalized spacial score (nSPS) is 17.6. The van der Waals surface area contributed by atoms with E-state index in [1.807, 2.05) is 0 Å². The lowest BCUT2D eigenvalue weighted by Gasteiger charge is -2.34. The quantitative estimate of drug-likeness (QED) is 0.747. The number of sulfonamides is 1. The van der Waals surface area contributed by atoms with E-state index in [9.17, 15) is 21.6 Å². The van der Waals surface area contributed by atoms with Crippen molar-refractivity contribution in [2.24, 2.45) is 0 Å². The number of carbonyl (C=O) groups is 1. The minimum atomic E-state index is -3.71. The minimum absolute atomic E-state index is 0.0862. The van der Waals surface area contributed by atoms with Crippen molar-refractivity contribution in [3.8, 4) is 0 Å². The van der Waals surface area contributed by atoms with E-state index in [0.29, 0.717) is 5.69 Å². The van der Waals surface area contributed by atoms with Crippen LogP contribution in [0.5, 0.6) is 0 Å². The number of hydrogen-bond acceptors (Lipinski definition) is 5. The van der Waals surface area contributed by atoms with Crippen LogP contribution in [0.4, 0.5) is 5.69 Å². The van der Waals surface area contributed by atoms with Gasteiger partial charge in [-0.3, -0.25) is 4.79 Å². The predicted octanol–water partition coefficient (Wildman–Crippen LogP) is -0.242. The van der Waals surface area contributed by atoms with Crippen molar-refractivity contribution in [2.75, 3.05) is 45.6 Å². The van der Waals surface area contributed by atoms with Gasteiger partial charge in [-0.15, -0.1) is 0 Å². The summed E-state index contributed by atoms with van der Waals surface area (Å²) < 4.78 is 53.2. The van der Waals surface area contributed by atoms with Crippen LogP contribution in [0, 0.1) is 0 Å². The Morgan fingerprint density at radius 2 is 1.44 bits per heavy atom. The van der Waals surface area contributed by atoms with Gasteiger partial charge in [-0.1, -0.05) is 0 Å². The Morgan fingerprint density at radius 1 is 0.960 bits per heavy atom. The van der Waals surface area contributed by atoms with E-state index in [0.717, 1.165) is 4.31 Å². The molecule has 1 fully saturated rings. The van der Waals surface area contributed by atoms with Crippen LogP contribution in [0.15, 0.2) is 29.2 Å². The van der Waals surface area contributed by atoms with Crippen molar-refractivity contribution in [3.63, 3.8) is 0 Å². The molecule has 0 atom stereocenters. The maximum atomic E-state index is 12.7. The number of carbonyl (C=O) groups excluding carboxylic acids is 1. The highest BCUT2D eigenvalue weighted by atomic mass is 32.2. The molecule has 2 rings (SSSR count). The van der Waals surface area contributed by atoms with E-state index in [1.165, 1.54) is 53.9 Å². The third kappa shape index (κ3) is 4.36. The van der Waals surface area contributed by atoms with Gasteiger partial charge in [0.2, 0.25) is 15.9 Å². The van der Waals surface area contributed by atoms with Crippen LogP contribution in [0.2, 0.25) is 0 Å². The number of anilines is 1. The average Bonchev–Trinajstić information content (AvgIpc) is 2.54. The Labute approximate surface area is 148 Å². The highest BCUT2D eigenvalue weighted by Crippen LogP contribution is 2.21. The first-order valence-electron chi connectivity index (χ1n) is 7.60. The molecule has 1 amide bonds. The number of benzene rings is 1. The van der Waals surface area contributed by atoms with Crippen molar-refractivity contribution < 1.29 is 21.6 Å². The Balaban J connectivity index is 2.10. The molecule has 11 heteroatoms. The second-order valence-electron chi connectivity index (χ2n) is 5.80. The van der Waals surface area contributed by atoms with E-state index in [2.05, 4.69) is 5.32 Å². The van der Waals surface area contributed by atoms with E-state index in [1.54, 1.807) is 0 Å². The topological polar surface area (TPSA) is 107 Å². The molecule has 1 aliphatic rings. The molecule has 0 spiro atoms. The van der Waals surface area contributed by atoms with Gasteiger partial charge in [-0.25, -0.2) is 8.42 Å². The van der Waals surface area contributed by atoms with Crippen LogP contribution in [-0.2, 0) is 25.0 Å². The molecule has 1 N–H and O–H groups in total. The summed E-state index contributed by atoms with van der Waals surface area (Å²) in [7, 11) is -4.38. The van der Waals surface area contributed by atoms with Gasteiger partial charge < -0.3 is 5.32 Å². The lowest BCUT2D eigenvalue weighted by Crippen LogP contribution is -2.52. The fourth-order valence-corrected chi connectivity index (χ4v) is 4.94. The van der Waals surface area contributed by atoms with Gasteiger partial charge in [0.1, 0.15) is 0 Å². The molecular formula is C14H22N4O5S2. The molecule has 140 valence electrons. The van der Waals surface area contributed by atoms with Crippen molar-refractivity contribution in [3.05, 3.63) is 24.3 Å². The maximum absolute atomic E-state index is 12.7. The summed E-state index contributed by atoms with van der Waals surface area (Å²) in [5.74, 6) is -0.242. The highest BCUT2D eigenvalue weighted by molar-refractivity contribution is 7.89. The molecular weight excluding hydrogens is 368 g/mol. The van der Waals surface area contributed by atoms with E-state index in [4.69, 9.17) is 0 Å². The third-order valence-electron chi connectivity index (χ3n) is 3.80. The van der Waals surface area contributed by atoms with Gasteiger partial charge in [0, 0.05) is 52.9 Å². The Hall–Kier alpha value is -1.53. The summed E-state index contributed by atoms with van der Waals surface area (Å²) in [6.07, 6.45) is 0. The van der Waals surface area contributed by atoms with E-state index >= 15 is 0 Å². The Bertz CT molecular complexity index is 826. The van der Waals surface area contributed by atoms with Crippen molar-refractivity contribution >= 4 is 31.8 Å². The van der Waals surface area contributed by atoms with E-state index < -0.39 is 20.2 Å². The number of hydrogen-bond donors (Lipinski definition) is 1. The third-order valence-corrected chi connectivity index (χ3v) is 7.65. The van der Waals surface area contributed by atoms with Crippen LogP contribution in [0.3, 0.4) is 0 Å². The zero-order valence-corrected chi connectivity index (χ0v) is 16.0. The van der Waals surface area contributed by atoms with Crippen LogP contribution in [0.1, 0.15) is 6.92 Å². The zero-order valence-electron chi connectivity index (χ0n) is 14.3. The highest BCUT2D eigenvalue weighted by Gasteiger charge is 2.33. The molecule has 25 heavy (non-hydrogen) atoms. The van der Waals surface area contributed by atoms with Crippen LogP contribution >= 0.6 is 0 Å². The van der Waals surface area contributed by atoms with Crippen LogP contribution < -0.4 is 5.32 Å². The van der Waals surface area contributed by atoms with Gasteiger partial charge in [0.15, 0.2) is 0 Å². The first-order chi connectivity index (χ1) is 11.5. The SMILES string of the molecule is CC(=O)Nc1ccc(S(=O)(=O)N2CCN(S(=O)(=O)N(C)C)CC2)cc1. The van der Waals surface area contributed by atoms with Crippen LogP contribution in [0.25, 0.3) is 0 Å². The molecule has 1 aliphatic heterocycles. The molecule has 1 aromatic carbocycles. The number of rotatable bonds is 5. The van der Waals surface area contributed by atoms with Gasteiger partial charge >= 0.3 is 0 Å². The molecule has 0 bridgehead atoms. The Morgan fingerprint density at radius 3 is 1.88 bits per heavy atom. The van der Waals surface area contributed by atoms with Crippen molar-refractivity contribution in [1.82, 2.24) is 12.9 Å². The summed E-state index contributed by atoms with van der Waals surface area (Å²) in [5, 5.41) is 2.57. The lowest BCUT2D eigenvalue weighted by atomic mass is 10.3. The standard InChI is InChI=1S/C14H22N4O5S2/c1-12(19)15-13-4-6-14(7-5-13)24(20,21)17-8-10-18(11-9-17)25(22,23)16(2)3/h4-7H,8-11H2,1-3H3,(H,15,19). The lowest BCUT2D eigenvalue weighted by molar-refractivity contribution is -0.114. The van der Waals surface area contributed by atoms with Gasteiger partial charge in [0.25, 0.3) is 10.2 Å². The summed E-state index contributed by atoms with van der Waals surface area (Å²) in [6.45, 7) is 1.74.